The summed E-state index contributed by atoms with van der Waals surface area (Å²) in [5.74, 6) is 0.0985. The fraction of sp³-hybridized carbons (Fsp3) is 0.818. The zero-order chi connectivity index (χ0) is 11.5. The second kappa shape index (κ2) is 4.82. The smallest absolute Gasteiger partial charge is 0.251 e. The fourth-order valence-electron chi connectivity index (χ4n) is 2.27. The number of nitrogens with zero attached hydrogens (tertiary/aromatic N) is 2. The van der Waals surface area contributed by atoms with Gasteiger partial charge in [-0.2, -0.15) is 0 Å². The Bertz CT molecular complexity index is 294. The molecule has 0 aliphatic carbocycles. The molecule has 90 valence electrons. The maximum Gasteiger partial charge on any atom is 0.251 e. The second-order valence-electron chi connectivity index (χ2n) is 4.50. The van der Waals surface area contributed by atoms with Crippen molar-refractivity contribution in [1.82, 2.24) is 4.90 Å². The van der Waals surface area contributed by atoms with Gasteiger partial charge in [-0.1, -0.05) is 5.16 Å². The molecule has 5 nitrogen and oxygen atoms in total. The summed E-state index contributed by atoms with van der Waals surface area (Å²) in [5.41, 5.74) is 0.782. The third kappa shape index (κ3) is 2.35. The Balaban J connectivity index is 1.87. The van der Waals surface area contributed by atoms with Gasteiger partial charge in [-0.15, -0.1) is 0 Å². The molecule has 2 rings (SSSR count). The first kappa shape index (κ1) is 11.4. The van der Waals surface area contributed by atoms with Crippen LogP contribution in [0.4, 0.5) is 0 Å². The lowest BCUT2D eigenvalue weighted by molar-refractivity contribution is -0.142. The van der Waals surface area contributed by atoms with E-state index in [4.69, 9.17) is 9.94 Å². The van der Waals surface area contributed by atoms with Crippen LogP contribution in [0.2, 0.25) is 0 Å². The van der Waals surface area contributed by atoms with Gasteiger partial charge in [0.25, 0.3) is 5.91 Å². The topological polar surface area (TPSA) is 62.1 Å². The molecule has 5 heteroatoms. The Morgan fingerprint density at radius 3 is 2.62 bits per heavy atom. The Hall–Kier alpha value is -1.10. The van der Waals surface area contributed by atoms with Gasteiger partial charge in [0.15, 0.2) is 0 Å². The zero-order valence-corrected chi connectivity index (χ0v) is 9.56. The van der Waals surface area contributed by atoms with E-state index in [0.29, 0.717) is 25.9 Å². The van der Waals surface area contributed by atoms with Gasteiger partial charge in [0.05, 0.1) is 11.8 Å². The quantitative estimate of drug-likeness (QED) is 0.536. The van der Waals surface area contributed by atoms with Crippen LogP contribution in [-0.4, -0.2) is 47.0 Å². The van der Waals surface area contributed by atoms with Gasteiger partial charge >= 0.3 is 0 Å². The average Bonchev–Trinajstić information content (AvgIpc) is 2.75. The average molecular weight is 226 g/mol. The monoisotopic (exact) mass is 226 g/mol. The number of ether oxygens (including phenoxy) is 1. The number of hydrogen-bond donors (Lipinski definition) is 1. The maximum atomic E-state index is 12.0. The number of likely N-dealkylation sites (tertiary alicyclic amines) is 1. The molecular weight excluding hydrogens is 208 g/mol. The van der Waals surface area contributed by atoms with Crippen LogP contribution < -0.4 is 0 Å². The summed E-state index contributed by atoms with van der Waals surface area (Å²) in [6, 6.07) is 0. The van der Waals surface area contributed by atoms with Crippen molar-refractivity contribution in [3.63, 3.8) is 0 Å². The van der Waals surface area contributed by atoms with Gasteiger partial charge in [-0.25, -0.2) is 0 Å². The molecule has 0 aromatic heterocycles. The zero-order valence-electron chi connectivity index (χ0n) is 9.56. The highest BCUT2D eigenvalue weighted by molar-refractivity contribution is 5.88. The van der Waals surface area contributed by atoms with Gasteiger partial charge in [0.2, 0.25) is 0 Å². The van der Waals surface area contributed by atoms with Gasteiger partial charge in [0.1, 0.15) is 6.10 Å². The van der Waals surface area contributed by atoms with Crippen molar-refractivity contribution < 1.29 is 14.7 Å². The molecule has 2 fully saturated rings. The summed E-state index contributed by atoms with van der Waals surface area (Å²) in [7, 11) is 0. The van der Waals surface area contributed by atoms with Crippen molar-refractivity contribution in [3.8, 4) is 0 Å². The molecule has 0 spiro atoms. The molecule has 0 aromatic rings. The number of carbonyl (C=O) groups excluding carboxylic acids is 1. The number of amides is 1. The van der Waals surface area contributed by atoms with Crippen LogP contribution in [0, 0.1) is 0 Å². The van der Waals surface area contributed by atoms with Crippen LogP contribution in [-0.2, 0) is 9.53 Å². The highest BCUT2D eigenvalue weighted by Crippen LogP contribution is 2.22. The third-order valence-electron chi connectivity index (χ3n) is 3.30. The van der Waals surface area contributed by atoms with E-state index in [1.54, 1.807) is 0 Å². The molecule has 2 aliphatic heterocycles. The number of rotatable bonds is 1. The minimum Gasteiger partial charge on any atom is -0.411 e. The lowest BCUT2D eigenvalue weighted by atomic mass is 10.1. The predicted octanol–water partition coefficient (Wildman–Crippen LogP) is 1.01. The normalized spacial score (nSPS) is 30.6. The molecule has 0 aromatic carbocycles. The number of carbonyl (C=O) groups is 1. The van der Waals surface area contributed by atoms with Crippen LogP contribution in [0.1, 0.15) is 32.6 Å². The minimum absolute atomic E-state index is 0.0985. The van der Waals surface area contributed by atoms with Crippen molar-refractivity contribution in [2.75, 3.05) is 13.1 Å². The molecule has 16 heavy (non-hydrogen) atoms. The highest BCUT2D eigenvalue weighted by atomic mass is 16.5. The van der Waals surface area contributed by atoms with E-state index in [1.807, 2.05) is 11.8 Å². The molecule has 0 saturated carbocycles. The van der Waals surface area contributed by atoms with E-state index in [1.165, 1.54) is 0 Å². The molecular formula is C11H18N2O3. The molecule has 1 amide bonds. The summed E-state index contributed by atoms with van der Waals surface area (Å²) in [5, 5.41) is 11.8. The summed E-state index contributed by atoms with van der Waals surface area (Å²) in [6.07, 6.45) is 3.09. The molecule has 2 aliphatic rings. The lowest BCUT2D eigenvalue weighted by Crippen LogP contribution is -2.44. The first-order valence-corrected chi connectivity index (χ1v) is 5.84. The Morgan fingerprint density at radius 1 is 1.44 bits per heavy atom. The standard InChI is InChI=1S/C11H18N2O3/c1-8-2-3-10(16-8)11(14)13-6-4-9(12-15)5-7-13/h8,10,15H,2-7H2,1H3. The van der Waals surface area contributed by atoms with E-state index in [-0.39, 0.29) is 18.1 Å². The Labute approximate surface area is 95.1 Å². The maximum absolute atomic E-state index is 12.0. The van der Waals surface area contributed by atoms with E-state index in [0.717, 1.165) is 18.6 Å². The summed E-state index contributed by atoms with van der Waals surface area (Å²) in [6.45, 7) is 3.29. The van der Waals surface area contributed by atoms with Crippen LogP contribution in [0.25, 0.3) is 0 Å². The summed E-state index contributed by atoms with van der Waals surface area (Å²) in [4.78, 5) is 13.9. The second-order valence-corrected chi connectivity index (χ2v) is 4.50. The van der Waals surface area contributed by atoms with Gasteiger partial charge < -0.3 is 14.8 Å². The van der Waals surface area contributed by atoms with E-state index in [9.17, 15) is 4.79 Å². The van der Waals surface area contributed by atoms with Crippen molar-refractivity contribution in [2.24, 2.45) is 5.16 Å². The fourth-order valence-corrected chi connectivity index (χ4v) is 2.27. The van der Waals surface area contributed by atoms with E-state index < -0.39 is 0 Å². The summed E-state index contributed by atoms with van der Waals surface area (Å²) < 4.78 is 5.56. The van der Waals surface area contributed by atoms with E-state index in [2.05, 4.69) is 5.16 Å². The molecule has 2 unspecified atom stereocenters. The van der Waals surface area contributed by atoms with Crippen molar-refractivity contribution in [1.29, 1.82) is 0 Å². The first-order chi connectivity index (χ1) is 7.70. The predicted molar refractivity (Wildman–Crippen MR) is 58.6 cm³/mol. The van der Waals surface area contributed by atoms with Gasteiger partial charge in [-0.3, -0.25) is 4.79 Å². The van der Waals surface area contributed by atoms with Crippen molar-refractivity contribution in [3.05, 3.63) is 0 Å². The largest absolute Gasteiger partial charge is 0.411 e. The highest BCUT2D eigenvalue weighted by Gasteiger charge is 2.32. The Morgan fingerprint density at radius 2 is 2.12 bits per heavy atom. The lowest BCUT2D eigenvalue weighted by Gasteiger charge is -2.29. The van der Waals surface area contributed by atoms with E-state index >= 15 is 0 Å². The molecule has 2 heterocycles. The molecule has 0 radical (unpaired) electrons. The van der Waals surface area contributed by atoms with Crippen LogP contribution >= 0.6 is 0 Å². The van der Waals surface area contributed by atoms with Crippen molar-refractivity contribution >= 4 is 11.6 Å². The molecule has 0 bridgehead atoms. The number of hydrogen-bond acceptors (Lipinski definition) is 4. The van der Waals surface area contributed by atoms with Gasteiger partial charge in [-0.05, 0) is 19.8 Å². The first-order valence-electron chi connectivity index (χ1n) is 5.84. The molecule has 1 N–H and O–H groups in total. The van der Waals surface area contributed by atoms with Gasteiger partial charge in [0, 0.05) is 25.9 Å². The number of oxime groups is 1. The Kier molecular flexibility index (Phi) is 3.43. The van der Waals surface area contributed by atoms with Crippen LogP contribution in [0.3, 0.4) is 0 Å². The number of piperidine rings is 1. The SMILES string of the molecule is CC1CCC(C(=O)N2CCC(=NO)CC2)O1. The minimum atomic E-state index is -0.248. The van der Waals surface area contributed by atoms with Crippen LogP contribution in [0.5, 0.6) is 0 Å². The third-order valence-corrected chi connectivity index (χ3v) is 3.30. The molecule has 2 atom stereocenters. The summed E-state index contributed by atoms with van der Waals surface area (Å²) >= 11 is 0. The van der Waals surface area contributed by atoms with Crippen molar-refractivity contribution in [2.45, 2.75) is 44.8 Å². The molecule has 2 saturated heterocycles. The van der Waals surface area contributed by atoms with Crippen LogP contribution in [0.15, 0.2) is 5.16 Å².